The first kappa shape index (κ1) is 8.53. The second-order valence-corrected chi connectivity index (χ2v) is 2.79. The predicted molar refractivity (Wildman–Crippen MR) is 40.2 cm³/mol. The third-order valence-corrected chi connectivity index (χ3v) is 1.75. The minimum absolute atomic E-state index is 0.146. The molecular formula is C8H14O3. The van der Waals surface area contributed by atoms with Crippen LogP contribution in [0.5, 0.6) is 0 Å². The molecule has 0 aromatic rings. The average molecular weight is 158 g/mol. The summed E-state index contributed by atoms with van der Waals surface area (Å²) in [6, 6.07) is 0. The molecule has 0 bridgehead atoms. The van der Waals surface area contributed by atoms with Crippen molar-refractivity contribution < 1.29 is 14.3 Å². The third kappa shape index (κ3) is 3.37. The van der Waals surface area contributed by atoms with Crippen molar-refractivity contribution in [3.63, 3.8) is 0 Å². The molecule has 0 aliphatic carbocycles. The van der Waals surface area contributed by atoms with E-state index in [1.54, 1.807) is 0 Å². The summed E-state index contributed by atoms with van der Waals surface area (Å²) >= 11 is 0. The topological polar surface area (TPSA) is 35.5 Å². The Hall–Kier alpha value is -0.570. The number of carbonyl (C=O) groups excluding carboxylic acids is 1. The molecule has 64 valence electrons. The Morgan fingerprint density at radius 3 is 3.00 bits per heavy atom. The van der Waals surface area contributed by atoms with Crippen LogP contribution in [0.1, 0.15) is 26.2 Å². The van der Waals surface area contributed by atoms with E-state index in [9.17, 15) is 4.79 Å². The summed E-state index contributed by atoms with van der Waals surface area (Å²) in [6.07, 6.45) is 3.49. The molecule has 1 aliphatic rings. The predicted octanol–water partition coefficient (Wildman–Crippen LogP) is 1.12. The highest BCUT2D eigenvalue weighted by Crippen LogP contribution is 2.12. The van der Waals surface area contributed by atoms with E-state index in [2.05, 4.69) is 0 Å². The highest BCUT2D eigenvalue weighted by Gasteiger charge is 2.14. The number of carbonyl (C=O) groups is 1. The SMILES string of the molecule is CC(=O)OC[C@H]1CCCCO1. The molecule has 11 heavy (non-hydrogen) atoms. The zero-order valence-corrected chi connectivity index (χ0v) is 6.84. The van der Waals surface area contributed by atoms with Gasteiger partial charge in [-0.05, 0) is 19.3 Å². The molecular weight excluding hydrogens is 144 g/mol. The summed E-state index contributed by atoms with van der Waals surface area (Å²) in [7, 11) is 0. The number of hydrogen-bond acceptors (Lipinski definition) is 3. The van der Waals surface area contributed by atoms with Gasteiger partial charge in [0.05, 0.1) is 6.10 Å². The van der Waals surface area contributed by atoms with Crippen molar-refractivity contribution in [2.75, 3.05) is 13.2 Å². The van der Waals surface area contributed by atoms with E-state index in [1.807, 2.05) is 0 Å². The molecule has 3 heteroatoms. The van der Waals surface area contributed by atoms with E-state index in [0.29, 0.717) is 6.61 Å². The summed E-state index contributed by atoms with van der Waals surface area (Å²) in [4.78, 5) is 10.4. The zero-order chi connectivity index (χ0) is 8.10. The van der Waals surface area contributed by atoms with Crippen molar-refractivity contribution in [1.82, 2.24) is 0 Å². The van der Waals surface area contributed by atoms with Crippen LogP contribution in [0.15, 0.2) is 0 Å². The van der Waals surface area contributed by atoms with Crippen molar-refractivity contribution in [1.29, 1.82) is 0 Å². The average Bonchev–Trinajstić information content (AvgIpc) is 2.03. The van der Waals surface area contributed by atoms with E-state index < -0.39 is 0 Å². The Balaban J connectivity index is 2.09. The van der Waals surface area contributed by atoms with Crippen molar-refractivity contribution in [3.8, 4) is 0 Å². The van der Waals surface area contributed by atoms with Crippen LogP contribution < -0.4 is 0 Å². The Labute approximate surface area is 66.7 Å². The number of rotatable bonds is 2. The fourth-order valence-electron chi connectivity index (χ4n) is 1.15. The van der Waals surface area contributed by atoms with E-state index >= 15 is 0 Å². The van der Waals surface area contributed by atoms with Gasteiger partial charge < -0.3 is 9.47 Å². The van der Waals surface area contributed by atoms with Gasteiger partial charge in [-0.15, -0.1) is 0 Å². The lowest BCUT2D eigenvalue weighted by atomic mass is 10.1. The van der Waals surface area contributed by atoms with Crippen molar-refractivity contribution in [2.45, 2.75) is 32.3 Å². The molecule has 0 aromatic heterocycles. The molecule has 0 unspecified atom stereocenters. The monoisotopic (exact) mass is 158 g/mol. The van der Waals surface area contributed by atoms with Crippen LogP contribution in [0.2, 0.25) is 0 Å². The van der Waals surface area contributed by atoms with Crippen LogP contribution in [0.3, 0.4) is 0 Å². The number of esters is 1. The Morgan fingerprint density at radius 1 is 1.64 bits per heavy atom. The van der Waals surface area contributed by atoms with E-state index in [0.717, 1.165) is 19.4 Å². The first-order chi connectivity index (χ1) is 5.29. The van der Waals surface area contributed by atoms with Crippen LogP contribution in [0.4, 0.5) is 0 Å². The quantitative estimate of drug-likeness (QED) is 0.565. The van der Waals surface area contributed by atoms with Gasteiger partial charge in [0.2, 0.25) is 0 Å². The fourth-order valence-corrected chi connectivity index (χ4v) is 1.15. The van der Waals surface area contributed by atoms with Gasteiger partial charge in [-0.25, -0.2) is 0 Å². The van der Waals surface area contributed by atoms with Crippen molar-refractivity contribution in [3.05, 3.63) is 0 Å². The van der Waals surface area contributed by atoms with Crippen LogP contribution in [0, 0.1) is 0 Å². The van der Waals surface area contributed by atoms with E-state index in [1.165, 1.54) is 13.3 Å². The highest BCUT2D eigenvalue weighted by molar-refractivity contribution is 5.65. The minimum Gasteiger partial charge on any atom is -0.463 e. The maximum atomic E-state index is 10.4. The molecule has 1 atom stereocenters. The van der Waals surface area contributed by atoms with Crippen LogP contribution >= 0.6 is 0 Å². The maximum absolute atomic E-state index is 10.4. The second kappa shape index (κ2) is 4.34. The van der Waals surface area contributed by atoms with Gasteiger partial charge in [-0.3, -0.25) is 4.79 Å². The largest absolute Gasteiger partial charge is 0.463 e. The van der Waals surface area contributed by atoms with Gasteiger partial charge in [-0.1, -0.05) is 0 Å². The molecule has 1 saturated heterocycles. The molecule has 3 nitrogen and oxygen atoms in total. The Morgan fingerprint density at radius 2 is 2.45 bits per heavy atom. The van der Waals surface area contributed by atoms with Gasteiger partial charge >= 0.3 is 5.97 Å². The fraction of sp³-hybridized carbons (Fsp3) is 0.875. The lowest BCUT2D eigenvalue weighted by molar-refractivity contribution is -0.146. The molecule has 1 fully saturated rings. The lowest BCUT2D eigenvalue weighted by Gasteiger charge is -2.21. The van der Waals surface area contributed by atoms with E-state index in [4.69, 9.17) is 9.47 Å². The Bertz CT molecular complexity index is 127. The minimum atomic E-state index is -0.223. The molecule has 1 heterocycles. The van der Waals surface area contributed by atoms with Gasteiger partial charge in [0.15, 0.2) is 0 Å². The zero-order valence-electron chi connectivity index (χ0n) is 6.84. The van der Waals surface area contributed by atoms with Crippen molar-refractivity contribution >= 4 is 5.97 Å². The number of ether oxygens (including phenoxy) is 2. The van der Waals surface area contributed by atoms with Gasteiger partial charge in [0.25, 0.3) is 0 Å². The molecule has 0 spiro atoms. The van der Waals surface area contributed by atoms with Crippen LogP contribution in [-0.2, 0) is 14.3 Å². The second-order valence-electron chi connectivity index (χ2n) is 2.79. The molecule has 0 aromatic carbocycles. The summed E-state index contributed by atoms with van der Waals surface area (Å²) in [5.74, 6) is -0.223. The normalized spacial score (nSPS) is 24.6. The van der Waals surface area contributed by atoms with E-state index in [-0.39, 0.29) is 12.1 Å². The van der Waals surface area contributed by atoms with Gasteiger partial charge in [-0.2, -0.15) is 0 Å². The van der Waals surface area contributed by atoms with Crippen LogP contribution in [0.25, 0.3) is 0 Å². The molecule has 0 saturated carbocycles. The molecule has 0 radical (unpaired) electrons. The third-order valence-electron chi connectivity index (χ3n) is 1.75. The standard InChI is InChI=1S/C8H14O3/c1-7(9)11-6-8-4-2-3-5-10-8/h8H,2-6H2,1H3/t8-/m1/s1. The summed E-state index contributed by atoms with van der Waals surface area (Å²) in [5, 5.41) is 0. The van der Waals surface area contributed by atoms with Crippen LogP contribution in [-0.4, -0.2) is 25.3 Å². The maximum Gasteiger partial charge on any atom is 0.302 e. The molecule has 0 N–H and O–H groups in total. The summed E-state index contributed by atoms with van der Waals surface area (Å²) < 4.78 is 10.2. The molecule has 0 amide bonds. The Kier molecular flexibility index (Phi) is 3.36. The molecule has 1 rings (SSSR count). The number of hydrogen-bond donors (Lipinski definition) is 0. The van der Waals surface area contributed by atoms with Crippen molar-refractivity contribution in [2.24, 2.45) is 0 Å². The lowest BCUT2D eigenvalue weighted by Crippen LogP contribution is -2.25. The smallest absolute Gasteiger partial charge is 0.302 e. The van der Waals surface area contributed by atoms with Gasteiger partial charge in [0.1, 0.15) is 6.61 Å². The first-order valence-electron chi connectivity index (χ1n) is 4.04. The van der Waals surface area contributed by atoms with Gasteiger partial charge in [0, 0.05) is 13.5 Å². The first-order valence-corrected chi connectivity index (χ1v) is 4.04. The summed E-state index contributed by atoms with van der Waals surface area (Å²) in [6.45, 7) is 2.66. The molecule has 1 aliphatic heterocycles. The summed E-state index contributed by atoms with van der Waals surface area (Å²) in [5.41, 5.74) is 0. The highest BCUT2D eigenvalue weighted by atomic mass is 16.6.